The summed E-state index contributed by atoms with van der Waals surface area (Å²) in [5, 5.41) is 29.0. The van der Waals surface area contributed by atoms with E-state index in [-0.39, 0.29) is 11.5 Å². The average Bonchev–Trinajstić information content (AvgIpc) is 2.35. The van der Waals surface area contributed by atoms with Gasteiger partial charge in [0.05, 0.1) is 11.4 Å². The van der Waals surface area contributed by atoms with Gasteiger partial charge in [0.2, 0.25) is 0 Å². The number of fused-ring (bicyclic) bond motifs is 2. The summed E-state index contributed by atoms with van der Waals surface area (Å²) in [7, 11) is 0. The van der Waals surface area contributed by atoms with Gasteiger partial charge in [-0.05, 0) is 31.2 Å². The topological polar surface area (TPSA) is 73.2 Å². The number of aromatic hydroxyl groups is 2. The number of hydrogen-bond donors (Lipinski definition) is 3. The number of ether oxygens (including phenoxy) is 1. The molecule has 1 unspecified atom stereocenters. The van der Waals surface area contributed by atoms with E-state index in [0.717, 1.165) is 0 Å². The number of nitrogens with zero attached hydrogens (tertiary/aromatic N) is 1. The second kappa shape index (κ2) is 4.07. The molecular weight excluding hydrogens is 246 g/mol. The van der Waals surface area contributed by atoms with Crippen molar-refractivity contribution in [2.75, 3.05) is 4.90 Å². The zero-order valence-corrected chi connectivity index (χ0v) is 10.2. The summed E-state index contributed by atoms with van der Waals surface area (Å²) in [4.78, 5) is 1.67. The lowest BCUT2D eigenvalue weighted by molar-refractivity contribution is 0.198. The van der Waals surface area contributed by atoms with Crippen LogP contribution in [0.4, 0.5) is 11.4 Å². The Bertz CT molecular complexity index is 588. The number of phenolic OH excluding ortho intramolecular Hbond substituents is 2. The molecule has 5 heteroatoms. The van der Waals surface area contributed by atoms with Crippen molar-refractivity contribution < 1.29 is 20.1 Å². The molecular formula is C14H13NO4. The fraction of sp³-hybridized carbons (Fsp3) is 0.143. The number of phenols is 2. The summed E-state index contributed by atoms with van der Waals surface area (Å²) in [5.74, 6) is 1.01. The number of aliphatic hydroxyl groups is 1. The van der Waals surface area contributed by atoms with Gasteiger partial charge in [-0.15, -0.1) is 0 Å². The smallest absolute Gasteiger partial charge is 0.154 e. The molecule has 5 nitrogen and oxygen atoms in total. The average molecular weight is 259 g/mol. The molecule has 98 valence electrons. The van der Waals surface area contributed by atoms with E-state index in [1.165, 1.54) is 24.3 Å². The molecule has 0 fully saturated rings. The van der Waals surface area contributed by atoms with E-state index in [0.29, 0.717) is 22.9 Å². The highest BCUT2D eigenvalue weighted by molar-refractivity contribution is 5.79. The maximum atomic E-state index is 9.95. The molecule has 19 heavy (non-hydrogen) atoms. The first kappa shape index (κ1) is 11.7. The molecule has 1 atom stereocenters. The standard InChI is InChI=1S/C14H13NO4/c1-8(16)15-11-4-2-9(17)6-13(11)19-14-7-10(18)3-5-12(14)15/h2-8,16-18H,1H3. The van der Waals surface area contributed by atoms with Gasteiger partial charge in [0.15, 0.2) is 11.5 Å². The van der Waals surface area contributed by atoms with Gasteiger partial charge in [0.1, 0.15) is 17.7 Å². The van der Waals surface area contributed by atoms with Crippen LogP contribution in [-0.4, -0.2) is 21.5 Å². The molecule has 3 rings (SSSR count). The van der Waals surface area contributed by atoms with Gasteiger partial charge >= 0.3 is 0 Å². The van der Waals surface area contributed by atoms with Crippen molar-refractivity contribution in [2.24, 2.45) is 0 Å². The molecule has 1 aliphatic rings. The second-order valence-corrected chi connectivity index (χ2v) is 4.41. The maximum Gasteiger partial charge on any atom is 0.154 e. The molecule has 2 aromatic rings. The molecule has 0 saturated carbocycles. The molecule has 1 aliphatic heterocycles. The molecule has 0 saturated heterocycles. The highest BCUT2D eigenvalue weighted by Gasteiger charge is 2.27. The summed E-state index contributed by atoms with van der Waals surface area (Å²) in [5.41, 5.74) is 1.32. The summed E-state index contributed by atoms with van der Waals surface area (Å²) in [6.45, 7) is 1.64. The predicted molar refractivity (Wildman–Crippen MR) is 70.1 cm³/mol. The summed E-state index contributed by atoms with van der Waals surface area (Å²) >= 11 is 0. The Balaban J connectivity index is 2.20. The highest BCUT2D eigenvalue weighted by Crippen LogP contribution is 2.49. The molecule has 0 spiro atoms. The largest absolute Gasteiger partial charge is 0.508 e. The van der Waals surface area contributed by atoms with Crippen molar-refractivity contribution in [2.45, 2.75) is 13.2 Å². The Morgan fingerprint density at radius 2 is 1.42 bits per heavy atom. The summed E-state index contributed by atoms with van der Waals surface area (Å²) < 4.78 is 5.65. The van der Waals surface area contributed by atoms with Crippen LogP contribution in [0.5, 0.6) is 23.0 Å². The number of aliphatic hydroxyl groups excluding tert-OH is 1. The molecule has 3 N–H and O–H groups in total. The third-order valence-corrected chi connectivity index (χ3v) is 3.00. The van der Waals surface area contributed by atoms with Gasteiger partial charge in [-0.25, -0.2) is 0 Å². The zero-order chi connectivity index (χ0) is 13.6. The highest BCUT2D eigenvalue weighted by atomic mass is 16.5. The lowest BCUT2D eigenvalue weighted by Gasteiger charge is -2.34. The van der Waals surface area contributed by atoms with E-state index >= 15 is 0 Å². The van der Waals surface area contributed by atoms with Gasteiger partial charge in [-0.2, -0.15) is 0 Å². The first-order valence-electron chi connectivity index (χ1n) is 5.87. The van der Waals surface area contributed by atoms with E-state index in [1.54, 1.807) is 24.0 Å². The van der Waals surface area contributed by atoms with E-state index in [1.807, 2.05) is 0 Å². The number of benzene rings is 2. The lowest BCUT2D eigenvalue weighted by atomic mass is 10.1. The Morgan fingerprint density at radius 3 is 1.84 bits per heavy atom. The summed E-state index contributed by atoms with van der Waals surface area (Å²) in [6.07, 6.45) is -0.768. The molecule has 0 aromatic heterocycles. The normalized spacial score (nSPS) is 14.3. The van der Waals surface area contributed by atoms with Crippen LogP contribution in [-0.2, 0) is 0 Å². The van der Waals surface area contributed by atoms with Crippen LogP contribution < -0.4 is 9.64 Å². The molecule has 0 bridgehead atoms. The van der Waals surface area contributed by atoms with Crippen LogP contribution in [0.25, 0.3) is 0 Å². The van der Waals surface area contributed by atoms with Gasteiger partial charge in [0, 0.05) is 12.1 Å². The van der Waals surface area contributed by atoms with Crippen LogP contribution in [0.2, 0.25) is 0 Å². The van der Waals surface area contributed by atoms with E-state index < -0.39 is 6.23 Å². The number of anilines is 2. The fourth-order valence-corrected chi connectivity index (χ4v) is 2.22. The van der Waals surface area contributed by atoms with E-state index in [2.05, 4.69) is 0 Å². The van der Waals surface area contributed by atoms with Crippen molar-refractivity contribution in [1.82, 2.24) is 0 Å². The molecule has 0 radical (unpaired) electrons. The van der Waals surface area contributed by atoms with Crippen molar-refractivity contribution in [3.63, 3.8) is 0 Å². The fourth-order valence-electron chi connectivity index (χ4n) is 2.22. The first-order valence-corrected chi connectivity index (χ1v) is 5.87. The molecule has 0 aliphatic carbocycles. The predicted octanol–water partition coefficient (Wildman–Crippen LogP) is 2.68. The van der Waals surface area contributed by atoms with Gasteiger partial charge in [-0.3, -0.25) is 0 Å². The molecule has 0 amide bonds. The van der Waals surface area contributed by atoms with E-state index in [9.17, 15) is 15.3 Å². The second-order valence-electron chi connectivity index (χ2n) is 4.41. The minimum absolute atomic E-state index is 0.0768. The van der Waals surface area contributed by atoms with Gasteiger partial charge < -0.3 is 25.0 Å². The van der Waals surface area contributed by atoms with Crippen molar-refractivity contribution >= 4 is 11.4 Å². The Kier molecular flexibility index (Phi) is 2.50. The van der Waals surface area contributed by atoms with Crippen LogP contribution in [0.3, 0.4) is 0 Å². The number of hydrogen-bond acceptors (Lipinski definition) is 5. The monoisotopic (exact) mass is 259 g/mol. The molecule has 1 heterocycles. The maximum absolute atomic E-state index is 9.95. The number of rotatable bonds is 1. The Hall–Kier alpha value is -2.40. The van der Waals surface area contributed by atoms with Gasteiger partial charge in [-0.1, -0.05) is 0 Å². The van der Waals surface area contributed by atoms with Crippen LogP contribution in [0.15, 0.2) is 36.4 Å². The van der Waals surface area contributed by atoms with Crippen LogP contribution in [0.1, 0.15) is 6.92 Å². The first-order chi connectivity index (χ1) is 9.06. The minimum atomic E-state index is -0.768. The van der Waals surface area contributed by atoms with Crippen LogP contribution >= 0.6 is 0 Å². The van der Waals surface area contributed by atoms with Crippen molar-refractivity contribution in [1.29, 1.82) is 0 Å². The lowest BCUT2D eigenvalue weighted by Crippen LogP contribution is -2.30. The zero-order valence-electron chi connectivity index (χ0n) is 10.2. The van der Waals surface area contributed by atoms with Crippen molar-refractivity contribution in [3.8, 4) is 23.0 Å². The molecule has 2 aromatic carbocycles. The Labute approximate surface area is 109 Å². The van der Waals surface area contributed by atoms with Crippen molar-refractivity contribution in [3.05, 3.63) is 36.4 Å². The third kappa shape index (κ3) is 1.84. The third-order valence-electron chi connectivity index (χ3n) is 3.00. The van der Waals surface area contributed by atoms with Gasteiger partial charge in [0.25, 0.3) is 0 Å². The quantitative estimate of drug-likeness (QED) is 0.734. The SMILES string of the molecule is CC(O)N1c2ccc(O)cc2Oc2cc(O)ccc21. The Morgan fingerprint density at radius 1 is 0.947 bits per heavy atom. The van der Waals surface area contributed by atoms with E-state index in [4.69, 9.17) is 4.74 Å². The summed E-state index contributed by atoms with van der Waals surface area (Å²) in [6, 6.07) is 9.35. The minimum Gasteiger partial charge on any atom is -0.508 e. The van der Waals surface area contributed by atoms with Crippen LogP contribution in [0, 0.1) is 0 Å².